The molecule has 0 aromatic carbocycles. The summed E-state index contributed by atoms with van der Waals surface area (Å²) in [4.78, 5) is 14.2. The number of amides is 1. The van der Waals surface area contributed by atoms with Gasteiger partial charge in [-0.25, -0.2) is 0 Å². The largest absolute Gasteiger partial charge is 0.393 e. The van der Waals surface area contributed by atoms with Crippen molar-refractivity contribution in [3.8, 4) is 0 Å². The molecular weight excluding hydrogens is 204 g/mol. The minimum absolute atomic E-state index is 0.141. The Kier molecular flexibility index (Phi) is 3.50. The molecule has 4 heteroatoms. The second-order valence-corrected chi connectivity index (χ2v) is 5.36. The molecule has 0 bridgehead atoms. The molecule has 0 aliphatic carbocycles. The van der Waals surface area contributed by atoms with Gasteiger partial charge < -0.3 is 15.3 Å². The van der Waals surface area contributed by atoms with Gasteiger partial charge in [-0.3, -0.25) is 4.79 Å². The fourth-order valence-electron chi connectivity index (χ4n) is 2.71. The van der Waals surface area contributed by atoms with E-state index in [-0.39, 0.29) is 23.8 Å². The maximum atomic E-state index is 12.3. The van der Waals surface area contributed by atoms with Gasteiger partial charge in [0.2, 0.25) is 5.91 Å². The Bertz CT molecular complexity index is 270. The van der Waals surface area contributed by atoms with Crippen LogP contribution in [-0.4, -0.2) is 48.2 Å². The van der Waals surface area contributed by atoms with Crippen LogP contribution in [0.4, 0.5) is 0 Å². The average molecular weight is 226 g/mol. The summed E-state index contributed by atoms with van der Waals surface area (Å²) in [6, 6.07) is 0. The van der Waals surface area contributed by atoms with E-state index >= 15 is 0 Å². The molecule has 2 saturated heterocycles. The van der Waals surface area contributed by atoms with Crippen molar-refractivity contribution in [1.82, 2.24) is 10.2 Å². The number of likely N-dealkylation sites (tertiary alicyclic amines) is 1. The van der Waals surface area contributed by atoms with Gasteiger partial charge in [0, 0.05) is 19.6 Å². The third-order valence-electron chi connectivity index (χ3n) is 4.01. The third-order valence-corrected chi connectivity index (χ3v) is 4.01. The van der Waals surface area contributed by atoms with Gasteiger partial charge in [-0.05, 0) is 24.8 Å². The quantitative estimate of drug-likeness (QED) is 0.665. The summed E-state index contributed by atoms with van der Waals surface area (Å²) in [6.45, 7) is 7.33. The number of carbonyl (C=O) groups excluding carboxylic acids is 1. The predicted octanol–water partition coefficient (Wildman–Crippen LogP) is 0.0712. The van der Waals surface area contributed by atoms with Crippen LogP contribution >= 0.6 is 0 Å². The van der Waals surface area contributed by atoms with Crippen LogP contribution in [0.1, 0.15) is 20.3 Å². The lowest BCUT2D eigenvalue weighted by Gasteiger charge is -2.36. The smallest absolute Gasteiger partial charge is 0.227 e. The molecule has 0 saturated carbocycles. The Balaban J connectivity index is 1.95. The summed E-state index contributed by atoms with van der Waals surface area (Å²) in [5, 5.41) is 12.9. The van der Waals surface area contributed by atoms with Crippen molar-refractivity contribution in [2.75, 3.05) is 26.2 Å². The summed E-state index contributed by atoms with van der Waals surface area (Å²) in [5.41, 5.74) is 0. The monoisotopic (exact) mass is 226 g/mol. The van der Waals surface area contributed by atoms with Crippen molar-refractivity contribution in [3.63, 3.8) is 0 Å². The van der Waals surface area contributed by atoms with Crippen molar-refractivity contribution < 1.29 is 9.90 Å². The Morgan fingerprint density at radius 2 is 2.06 bits per heavy atom. The molecule has 2 aliphatic rings. The molecule has 2 rings (SSSR count). The molecule has 16 heavy (non-hydrogen) atoms. The first-order valence-corrected chi connectivity index (χ1v) is 6.27. The molecule has 0 aromatic heterocycles. The van der Waals surface area contributed by atoms with E-state index in [4.69, 9.17) is 0 Å². The maximum absolute atomic E-state index is 12.3. The first kappa shape index (κ1) is 11.9. The maximum Gasteiger partial charge on any atom is 0.227 e. The lowest BCUT2D eigenvalue weighted by molar-refractivity contribution is -0.139. The first-order chi connectivity index (χ1) is 7.59. The zero-order chi connectivity index (χ0) is 11.7. The molecule has 2 fully saturated rings. The highest BCUT2D eigenvalue weighted by Crippen LogP contribution is 2.23. The standard InChI is InChI=1S/C12H22N2O2/c1-8-5-13-6-10(8)12(16)14-4-3-11(15)9(2)7-14/h8-11,13,15H,3-7H2,1-2H3/t8-,9?,10-,11?/m1/s1. The molecule has 1 amide bonds. The SMILES string of the molecule is CC1CN(C(=O)[C@@H]2CNC[C@H]2C)CCC1O. The first-order valence-electron chi connectivity index (χ1n) is 6.27. The van der Waals surface area contributed by atoms with Crippen molar-refractivity contribution in [1.29, 1.82) is 0 Å². The van der Waals surface area contributed by atoms with Crippen LogP contribution in [0, 0.1) is 17.8 Å². The highest BCUT2D eigenvalue weighted by atomic mass is 16.3. The van der Waals surface area contributed by atoms with Gasteiger partial charge in [0.05, 0.1) is 12.0 Å². The molecule has 2 heterocycles. The van der Waals surface area contributed by atoms with E-state index in [9.17, 15) is 9.90 Å². The number of rotatable bonds is 1. The van der Waals surface area contributed by atoms with E-state index in [0.717, 1.165) is 19.5 Å². The van der Waals surface area contributed by atoms with Crippen molar-refractivity contribution in [2.24, 2.45) is 17.8 Å². The van der Waals surface area contributed by atoms with Crippen molar-refractivity contribution in [3.05, 3.63) is 0 Å². The Morgan fingerprint density at radius 1 is 1.31 bits per heavy atom. The molecule has 2 unspecified atom stereocenters. The number of nitrogens with zero attached hydrogens (tertiary/aromatic N) is 1. The van der Waals surface area contributed by atoms with Gasteiger partial charge in [-0.1, -0.05) is 13.8 Å². The molecule has 0 radical (unpaired) electrons. The summed E-state index contributed by atoms with van der Waals surface area (Å²) < 4.78 is 0. The molecule has 0 aromatic rings. The number of aliphatic hydroxyl groups is 1. The van der Waals surface area contributed by atoms with Crippen molar-refractivity contribution >= 4 is 5.91 Å². The molecule has 4 atom stereocenters. The van der Waals surface area contributed by atoms with E-state index < -0.39 is 0 Å². The second-order valence-electron chi connectivity index (χ2n) is 5.36. The van der Waals surface area contributed by atoms with Crippen LogP contribution in [0.2, 0.25) is 0 Å². The van der Waals surface area contributed by atoms with Gasteiger partial charge in [-0.15, -0.1) is 0 Å². The molecular formula is C12H22N2O2. The predicted molar refractivity (Wildman–Crippen MR) is 61.9 cm³/mol. The summed E-state index contributed by atoms with van der Waals surface area (Å²) in [5.74, 6) is 1.07. The lowest BCUT2D eigenvalue weighted by Crippen LogP contribution is -2.48. The van der Waals surface area contributed by atoms with Gasteiger partial charge >= 0.3 is 0 Å². The van der Waals surface area contributed by atoms with Crippen LogP contribution in [0.5, 0.6) is 0 Å². The fourth-order valence-corrected chi connectivity index (χ4v) is 2.71. The minimum atomic E-state index is -0.233. The Morgan fingerprint density at radius 3 is 2.62 bits per heavy atom. The molecule has 92 valence electrons. The van der Waals surface area contributed by atoms with E-state index in [0.29, 0.717) is 19.0 Å². The minimum Gasteiger partial charge on any atom is -0.393 e. The molecule has 2 aliphatic heterocycles. The van der Waals surface area contributed by atoms with E-state index in [2.05, 4.69) is 12.2 Å². The average Bonchev–Trinajstić information content (AvgIpc) is 2.67. The number of hydrogen-bond acceptors (Lipinski definition) is 3. The highest BCUT2D eigenvalue weighted by Gasteiger charge is 2.35. The zero-order valence-corrected chi connectivity index (χ0v) is 10.1. The summed E-state index contributed by atoms with van der Waals surface area (Å²) >= 11 is 0. The second kappa shape index (κ2) is 4.72. The molecule has 2 N–H and O–H groups in total. The summed E-state index contributed by atoms with van der Waals surface area (Å²) in [6.07, 6.45) is 0.490. The lowest BCUT2D eigenvalue weighted by atomic mass is 9.92. The van der Waals surface area contributed by atoms with E-state index in [1.807, 2.05) is 11.8 Å². The van der Waals surface area contributed by atoms with Gasteiger partial charge in [0.1, 0.15) is 0 Å². The van der Waals surface area contributed by atoms with Crippen LogP contribution < -0.4 is 5.32 Å². The van der Waals surface area contributed by atoms with E-state index in [1.165, 1.54) is 0 Å². The number of aliphatic hydroxyl groups excluding tert-OH is 1. The van der Waals surface area contributed by atoms with Crippen LogP contribution in [-0.2, 0) is 4.79 Å². The Labute approximate surface area is 97.0 Å². The zero-order valence-electron chi connectivity index (χ0n) is 10.1. The van der Waals surface area contributed by atoms with E-state index in [1.54, 1.807) is 0 Å². The fraction of sp³-hybridized carbons (Fsp3) is 0.917. The van der Waals surface area contributed by atoms with Crippen LogP contribution in [0.15, 0.2) is 0 Å². The highest BCUT2D eigenvalue weighted by molar-refractivity contribution is 5.79. The number of nitrogens with one attached hydrogen (secondary N) is 1. The molecule has 0 spiro atoms. The van der Waals surface area contributed by atoms with Gasteiger partial charge in [0.25, 0.3) is 0 Å². The number of hydrogen-bond donors (Lipinski definition) is 2. The van der Waals surface area contributed by atoms with Crippen LogP contribution in [0.25, 0.3) is 0 Å². The van der Waals surface area contributed by atoms with Gasteiger partial charge in [0.15, 0.2) is 0 Å². The summed E-state index contributed by atoms with van der Waals surface area (Å²) in [7, 11) is 0. The number of piperidine rings is 1. The Hall–Kier alpha value is -0.610. The van der Waals surface area contributed by atoms with Gasteiger partial charge in [-0.2, -0.15) is 0 Å². The third kappa shape index (κ3) is 2.23. The topological polar surface area (TPSA) is 52.6 Å². The molecule has 4 nitrogen and oxygen atoms in total. The van der Waals surface area contributed by atoms with Crippen LogP contribution in [0.3, 0.4) is 0 Å². The number of carbonyl (C=O) groups is 1. The van der Waals surface area contributed by atoms with Crippen molar-refractivity contribution in [2.45, 2.75) is 26.4 Å². The normalized spacial score (nSPS) is 40.1.